The van der Waals surface area contributed by atoms with Gasteiger partial charge in [-0.15, -0.1) is 0 Å². The molecule has 1 aliphatic rings. The Hall–Kier alpha value is -2.76. The summed E-state index contributed by atoms with van der Waals surface area (Å²) in [6.07, 6.45) is 2.57. The summed E-state index contributed by atoms with van der Waals surface area (Å²) in [5.41, 5.74) is 1.21. The maximum Gasteiger partial charge on any atom is 0.262 e. The zero-order chi connectivity index (χ0) is 17.5. The molecule has 0 fully saturated rings. The average molecular weight is 325 g/mol. The van der Waals surface area contributed by atoms with Crippen molar-refractivity contribution in [3.05, 3.63) is 57.1 Å². The van der Waals surface area contributed by atoms with Crippen LogP contribution in [-0.4, -0.2) is 21.7 Å². The number of rotatable bonds is 2. The van der Waals surface area contributed by atoms with Crippen LogP contribution in [0.4, 0.5) is 5.82 Å². The number of hydrogen-bond acceptors (Lipinski definition) is 4. The van der Waals surface area contributed by atoms with Crippen LogP contribution in [0.25, 0.3) is 0 Å². The molecule has 0 aliphatic heterocycles. The van der Waals surface area contributed by atoms with Crippen molar-refractivity contribution in [2.45, 2.75) is 33.6 Å². The summed E-state index contributed by atoms with van der Waals surface area (Å²) in [7, 11) is 0. The van der Waals surface area contributed by atoms with E-state index in [4.69, 9.17) is 0 Å². The number of nitrogens with one attached hydrogen (secondary N) is 2. The molecule has 1 aliphatic carbocycles. The second-order valence-electron chi connectivity index (χ2n) is 7.02. The molecule has 0 saturated carbocycles. The molecular formula is C18H19N3O3. The largest absolute Gasteiger partial charge is 0.325 e. The molecule has 0 saturated heterocycles. The molecule has 2 aromatic rings. The van der Waals surface area contributed by atoms with Gasteiger partial charge in [0.1, 0.15) is 11.4 Å². The molecule has 6 nitrogen and oxygen atoms in total. The minimum Gasteiger partial charge on any atom is -0.325 e. The van der Waals surface area contributed by atoms with Crippen molar-refractivity contribution in [2.24, 2.45) is 5.41 Å². The van der Waals surface area contributed by atoms with Crippen LogP contribution in [0.5, 0.6) is 0 Å². The fraction of sp³-hybridized carbons (Fsp3) is 0.333. The van der Waals surface area contributed by atoms with Gasteiger partial charge in [-0.3, -0.25) is 14.4 Å². The Bertz CT molecular complexity index is 897. The normalized spacial score (nSPS) is 15.7. The van der Waals surface area contributed by atoms with Gasteiger partial charge in [0.25, 0.3) is 11.5 Å². The van der Waals surface area contributed by atoms with Gasteiger partial charge in [-0.05, 0) is 42.5 Å². The lowest BCUT2D eigenvalue weighted by Crippen LogP contribution is -2.32. The summed E-state index contributed by atoms with van der Waals surface area (Å²) in [6.45, 7) is 5.84. The van der Waals surface area contributed by atoms with Crippen LogP contribution in [0.3, 0.4) is 0 Å². The summed E-state index contributed by atoms with van der Waals surface area (Å²) < 4.78 is 0. The van der Waals surface area contributed by atoms with Crippen LogP contribution in [0.1, 0.15) is 52.2 Å². The topological polar surface area (TPSA) is 91.9 Å². The van der Waals surface area contributed by atoms with E-state index in [0.29, 0.717) is 29.9 Å². The first-order valence-electron chi connectivity index (χ1n) is 7.79. The average Bonchev–Trinajstić information content (AvgIpc) is 2.45. The summed E-state index contributed by atoms with van der Waals surface area (Å²) in [5.74, 6) is -0.264. The highest BCUT2D eigenvalue weighted by molar-refractivity contribution is 6.06. The summed E-state index contributed by atoms with van der Waals surface area (Å²) in [6, 6.07) is 4.91. The number of H-pyrrole nitrogens is 1. The van der Waals surface area contributed by atoms with E-state index >= 15 is 0 Å². The predicted molar refractivity (Wildman–Crippen MR) is 90.4 cm³/mol. The Morgan fingerprint density at radius 3 is 2.71 bits per heavy atom. The van der Waals surface area contributed by atoms with Crippen LogP contribution >= 0.6 is 0 Å². The number of nitrogens with zero attached hydrogens (tertiary/aromatic N) is 1. The second kappa shape index (κ2) is 5.70. The van der Waals surface area contributed by atoms with Gasteiger partial charge in [-0.1, -0.05) is 13.8 Å². The highest BCUT2D eigenvalue weighted by Crippen LogP contribution is 2.33. The molecule has 2 heterocycles. The highest BCUT2D eigenvalue weighted by atomic mass is 16.2. The molecule has 0 atom stereocenters. The van der Waals surface area contributed by atoms with E-state index in [-0.39, 0.29) is 16.8 Å². The monoisotopic (exact) mass is 325 g/mol. The molecule has 2 aromatic heterocycles. The maximum atomic E-state index is 12.4. The van der Waals surface area contributed by atoms with E-state index in [1.807, 2.05) is 26.8 Å². The molecule has 0 bridgehead atoms. The van der Waals surface area contributed by atoms with Crippen LogP contribution < -0.4 is 10.9 Å². The van der Waals surface area contributed by atoms with Crippen molar-refractivity contribution in [3.8, 4) is 0 Å². The van der Waals surface area contributed by atoms with Crippen molar-refractivity contribution in [2.75, 3.05) is 5.32 Å². The number of anilines is 1. The van der Waals surface area contributed by atoms with Gasteiger partial charge in [-0.2, -0.15) is 0 Å². The number of carbonyl (C=O) groups excluding carboxylic acids is 2. The summed E-state index contributed by atoms with van der Waals surface area (Å²) in [4.78, 5) is 43.7. The third-order valence-electron chi connectivity index (χ3n) is 4.12. The standard InChI is InChI=1S/C18H19N3O3/c1-10-4-5-19-15(6-10)21-17(24)12-7-11-13(20-16(12)23)8-18(2,3)9-14(11)22/h4-7H,8-9H2,1-3H3,(H,20,23)(H,19,21,24). The highest BCUT2D eigenvalue weighted by Gasteiger charge is 2.32. The SMILES string of the molecule is Cc1ccnc(NC(=O)c2cc3c([nH]c2=O)CC(C)(C)CC3=O)c1. The van der Waals surface area contributed by atoms with Gasteiger partial charge < -0.3 is 10.3 Å². The predicted octanol–water partition coefficient (Wildman–Crippen LogP) is 2.49. The van der Waals surface area contributed by atoms with Crippen LogP contribution in [-0.2, 0) is 6.42 Å². The zero-order valence-corrected chi connectivity index (χ0v) is 13.9. The third kappa shape index (κ3) is 3.13. The quantitative estimate of drug-likeness (QED) is 0.887. The molecule has 24 heavy (non-hydrogen) atoms. The van der Waals surface area contributed by atoms with Gasteiger partial charge in [0, 0.05) is 23.9 Å². The first-order chi connectivity index (χ1) is 11.2. The van der Waals surface area contributed by atoms with Crippen molar-refractivity contribution in [1.82, 2.24) is 9.97 Å². The second-order valence-corrected chi connectivity index (χ2v) is 7.02. The van der Waals surface area contributed by atoms with E-state index in [1.54, 1.807) is 12.3 Å². The van der Waals surface area contributed by atoms with Crippen molar-refractivity contribution in [1.29, 1.82) is 0 Å². The number of pyridine rings is 2. The fourth-order valence-corrected chi connectivity index (χ4v) is 2.98. The number of aromatic amines is 1. The number of hydrogen-bond donors (Lipinski definition) is 2. The Morgan fingerprint density at radius 1 is 1.25 bits per heavy atom. The van der Waals surface area contributed by atoms with Crippen LogP contribution in [0.2, 0.25) is 0 Å². The Labute approximate surface area is 139 Å². The molecule has 3 rings (SSSR count). The molecule has 6 heteroatoms. The Morgan fingerprint density at radius 2 is 2.00 bits per heavy atom. The Balaban J connectivity index is 1.95. The number of carbonyl (C=O) groups is 2. The van der Waals surface area contributed by atoms with E-state index in [2.05, 4.69) is 15.3 Å². The number of amides is 1. The smallest absolute Gasteiger partial charge is 0.262 e. The lowest BCUT2D eigenvalue weighted by molar-refractivity contribution is 0.0910. The molecule has 0 radical (unpaired) electrons. The molecule has 124 valence electrons. The number of aryl methyl sites for hydroxylation is 1. The lowest BCUT2D eigenvalue weighted by atomic mass is 9.75. The van der Waals surface area contributed by atoms with E-state index in [9.17, 15) is 14.4 Å². The molecule has 1 amide bonds. The van der Waals surface area contributed by atoms with E-state index in [0.717, 1.165) is 5.56 Å². The molecule has 0 spiro atoms. The Kier molecular flexibility index (Phi) is 3.83. The third-order valence-corrected chi connectivity index (χ3v) is 4.12. The van der Waals surface area contributed by atoms with Crippen molar-refractivity contribution < 1.29 is 9.59 Å². The van der Waals surface area contributed by atoms with Gasteiger partial charge in [-0.25, -0.2) is 4.98 Å². The molecule has 0 unspecified atom stereocenters. The zero-order valence-electron chi connectivity index (χ0n) is 13.9. The fourth-order valence-electron chi connectivity index (χ4n) is 2.98. The van der Waals surface area contributed by atoms with Gasteiger partial charge >= 0.3 is 0 Å². The summed E-state index contributed by atoms with van der Waals surface area (Å²) >= 11 is 0. The van der Waals surface area contributed by atoms with Crippen molar-refractivity contribution >= 4 is 17.5 Å². The number of aromatic nitrogens is 2. The van der Waals surface area contributed by atoms with E-state index in [1.165, 1.54) is 6.07 Å². The van der Waals surface area contributed by atoms with Crippen molar-refractivity contribution in [3.63, 3.8) is 0 Å². The number of Topliss-reactive ketones (excluding diaryl/α,β-unsaturated/α-hetero) is 1. The van der Waals surface area contributed by atoms with Gasteiger partial charge in [0.05, 0.1) is 0 Å². The van der Waals surface area contributed by atoms with Crippen LogP contribution in [0, 0.1) is 12.3 Å². The van der Waals surface area contributed by atoms with Crippen LogP contribution in [0.15, 0.2) is 29.2 Å². The molecule has 0 aromatic carbocycles. The molecular weight excluding hydrogens is 306 g/mol. The first kappa shape index (κ1) is 16.1. The summed E-state index contributed by atoms with van der Waals surface area (Å²) in [5, 5.41) is 2.60. The minimum atomic E-state index is -0.574. The first-order valence-corrected chi connectivity index (χ1v) is 7.79. The van der Waals surface area contributed by atoms with Gasteiger partial charge in [0.15, 0.2) is 5.78 Å². The van der Waals surface area contributed by atoms with E-state index < -0.39 is 11.5 Å². The minimum absolute atomic E-state index is 0.0553. The lowest BCUT2D eigenvalue weighted by Gasteiger charge is -2.29. The number of fused-ring (bicyclic) bond motifs is 1. The maximum absolute atomic E-state index is 12.4. The molecule has 2 N–H and O–H groups in total. The number of ketones is 1. The van der Waals surface area contributed by atoms with Gasteiger partial charge in [0.2, 0.25) is 0 Å².